The third kappa shape index (κ3) is 1.88. The number of carbonyl (C=O) groups excluding carboxylic acids is 1. The topological polar surface area (TPSA) is 42.0 Å². The van der Waals surface area contributed by atoms with Gasteiger partial charge in [-0.05, 0) is 12.8 Å². The van der Waals surface area contributed by atoms with Crippen LogP contribution in [0.25, 0.3) is 0 Å². The third-order valence-electron chi connectivity index (χ3n) is 2.28. The Morgan fingerprint density at radius 3 is 3.23 bits per heavy atom. The number of hydrogen-bond acceptors (Lipinski definition) is 3. The second-order valence-corrected chi connectivity index (χ2v) is 4.14. The summed E-state index contributed by atoms with van der Waals surface area (Å²) in [7, 11) is 0. The van der Waals surface area contributed by atoms with Crippen molar-refractivity contribution in [2.75, 3.05) is 6.54 Å². The van der Waals surface area contributed by atoms with Gasteiger partial charge in [0, 0.05) is 18.1 Å². The van der Waals surface area contributed by atoms with Crippen LogP contribution in [0.1, 0.15) is 30.2 Å². The smallest absolute Gasteiger partial charge is 0.230 e. The molecule has 0 bridgehead atoms. The Hall–Kier alpha value is -0.900. The number of amides is 1. The van der Waals surface area contributed by atoms with E-state index in [-0.39, 0.29) is 11.8 Å². The first-order valence-corrected chi connectivity index (χ1v) is 5.43. The maximum atomic E-state index is 11.6. The van der Waals surface area contributed by atoms with Gasteiger partial charge in [-0.3, -0.25) is 4.79 Å². The molecule has 1 saturated heterocycles. The fourth-order valence-electron chi connectivity index (χ4n) is 1.58. The molecule has 2 heterocycles. The zero-order valence-corrected chi connectivity index (χ0v) is 8.14. The normalized spacial score (nSPS) is 23.7. The molecule has 0 aliphatic carbocycles. The van der Waals surface area contributed by atoms with Crippen molar-refractivity contribution in [3.05, 3.63) is 16.6 Å². The highest BCUT2D eigenvalue weighted by atomic mass is 32.1. The first-order chi connectivity index (χ1) is 6.38. The SMILES string of the molecule is O=C1NCCCCC1c1nccs1. The number of thiazole rings is 1. The lowest BCUT2D eigenvalue weighted by Crippen LogP contribution is -2.27. The molecule has 0 saturated carbocycles. The van der Waals surface area contributed by atoms with Crippen LogP contribution < -0.4 is 5.32 Å². The molecule has 1 aromatic heterocycles. The lowest BCUT2D eigenvalue weighted by molar-refractivity contribution is -0.122. The summed E-state index contributed by atoms with van der Waals surface area (Å²) in [5.41, 5.74) is 0. The molecule has 1 amide bonds. The van der Waals surface area contributed by atoms with Crippen LogP contribution in [0.15, 0.2) is 11.6 Å². The second-order valence-electron chi connectivity index (χ2n) is 3.21. The second kappa shape index (κ2) is 3.87. The average Bonchev–Trinajstić information content (AvgIpc) is 2.56. The highest BCUT2D eigenvalue weighted by Crippen LogP contribution is 2.25. The predicted molar refractivity (Wildman–Crippen MR) is 51.7 cm³/mol. The van der Waals surface area contributed by atoms with E-state index in [9.17, 15) is 4.79 Å². The van der Waals surface area contributed by atoms with Crippen molar-refractivity contribution in [3.8, 4) is 0 Å². The summed E-state index contributed by atoms with van der Waals surface area (Å²) in [4.78, 5) is 15.8. The lowest BCUT2D eigenvalue weighted by Gasteiger charge is -2.08. The summed E-state index contributed by atoms with van der Waals surface area (Å²) in [6.45, 7) is 0.820. The van der Waals surface area contributed by atoms with Gasteiger partial charge in [-0.25, -0.2) is 4.98 Å². The van der Waals surface area contributed by atoms with Crippen molar-refractivity contribution in [1.82, 2.24) is 10.3 Å². The van der Waals surface area contributed by atoms with Gasteiger partial charge in [-0.2, -0.15) is 0 Å². The molecule has 1 aliphatic rings. The van der Waals surface area contributed by atoms with E-state index >= 15 is 0 Å². The van der Waals surface area contributed by atoms with Gasteiger partial charge in [-0.1, -0.05) is 6.42 Å². The molecule has 1 fully saturated rings. The molecule has 13 heavy (non-hydrogen) atoms. The molecule has 4 heteroatoms. The van der Waals surface area contributed by atoms with Gasteiger partial charge in [0.2, 0.25) is 5.91 Å². The van der Waals surface area contributed by atoms with Crippen LogP contribution >= 0.6 is 11.3 Å². The molecule has 3 nitrogen and oxygen atoms in total. The summed E-state index contributed by atoms with van der Waals surface area (Å²) in [6, 6.07) is 0. The number of carbonyl (C=O) groups is 1. The Bertz CT molecular complexity index is 284. The minimum atomic E-state index is 0.00231. The van der Waals surface area contributed by atoms with E-state index < -0.39 is 0 Å². The van der Waals surface area contributed by atoms with Crippen LogP contribution in [0.2, 0.25) is 0 Å². The van der Waals surface area contributed by atoms with Crippen LogP contribution in [0.5, 0.6) is 0 Å². The molecule has 1 N–H and O–H groups in total. The zero-order chi connectivity index (χ0) is 9.10. The van der Waals surface area contributed by atoms with Crippen LogP contribution in [-0.2, 0) is 4.79 Å². The molecule has 1 aromatic rings. The molecule has 70 valence electrons. The van der Waals surface area contributed by atoms with Gasteiger partial charge < -0.3 is 5.32 Å². The van der Waals surface area contributed by atoms with Crippen molar-refractivity contribution in [3.63, 3.8) is 0 Å². The van der Waals surface area contributed by atoms with E-state index in [4.69, 9.17) is 0 Å². The molecule has 2 rings (SSSR count). The fraction of sp³-hybridized carbons (Fsp3) is 0.556. The Morgan fingerprint density at radius 2 is 2.46 bits per heavy atom. The standard InChI is InChI=1S/C9H12N2OS/c12-8-7(3-1-2-4-10-8)9-11-5-6-13-9/h5-7H,1-4H2,(H,10,12). The molecule has 0 spiro atoms. The van der Waals surface area contributed by atoms with Crippen molar-refractivity contribution in [2.45, 2.75) is 25.2 Å². The number of nitrogens with one attached hydrogen (secondary N) is 1. The summed E-state index contributed by atoms with van der Waals surface area (Å²) in [5, 5.41) is 5.79. The van der Waals surface area contributed by atoms with E-state index in [1.807, 2.05) is 5.38 Å². The summed E-state index contributed by atoms with van der Waals surface area (Å²) in [6.07, 6.45) is 4.91. The van der Waals surface area contributed by atoms with E-state index in [2.05, 4.69) is 10.3 Å². The highest BCUT2D eigenvalue weighted by molar-refractivity contribution is 7.09. The molecule has 0 aromatic carbocycles. The Balaban J connectivity index is 2.16. The first-order valence-electron chi connectivity index (χ1n) is 4.55. The third-order valence-corrected chi connectivity index (χ3v) is 3.17. The monoisotopic (exact) mass is 196 g/mol. The quantitative estimate of drug-likeness (QED) is 0.740. The Morgan fingerprint density at radius 1 is 1.54 bits per heavy atom. The number of rotatable bonds is 1. The van der Waals surface area contributed by atoms with E-state index in [1.54, 1.807) is 17.5 Å². The maximum Gasteiger partial charge on any atom is 0.230 e. The van der Waals surface area contributed by atoms with Crippen molar-refractivity contribution in [1.29, 1.82) is 0 Å². The van der Waals surface area contributed by atoms with Crippen LogP contribution in [0.4, 0.5) is 0 Å². The van der Waals surface area contributed by atoms with Gasteiger partial charge in [0.05, 0.1) is 5.92 Å². The van der Waals surface area contributed by atoms with Crippen LogP contribution in [0, 0.1) is 0 Å². The van der Waals surface area contributed by atoms with Crippen LogP contribution in [-0.4, -0.2) is 17.4 Å². The molecular formula is C9H12N2OS. The number of nitrogens with zero attached hydrogens (tertiary/aromatic N) is 1. The largest absolute Gasteiger partial charge is 0.355 e. The molecule has 1 aliphatic heterocycles. The predicted octanol–water partition coefficient (Wildman–Crippen LogP) is 1.53. The van der Waals surface area contributed by atoms with Gasteiger partial charge >= 0.3 is 0 Å². The van der Waals surface area contributed by atoms with Gasteiger partial charge in [0.1, 0.15) is 5.01 Å². The maximum absolute atomic E-state index is 11.6. The van der Waals surface area contributed by atoms with Crippen molar-refractivity contribution >= 4 is 17.2 Å². The number of aromatic nitrogens is 1. The van der Waals surface area contributed by atoms with Gasteiger partial charge in [-0.15, -0.1) is 11.3 Å². The molecular weight excluding hydrogens is 184 g/mol. The summed E-state index contributed by atoms with van der Waals surface area (Å²) < 4.78 is 0. The molecule has 0 radical (unpaired) electrons. The number of hydrogen-bond donors (Lipinski definition) is 1. The van der Waals surface area contributed by atoms with Gasteiger partial charge in [0.15, 0.2) is 0 Å². The lowest BCUT2D eigenvalue weighted by atomic mass is 10.0. The van der Waals surface area contributed by atoms with Gasteiger partial charge in [0.25, 0.3) is 0 Å². The summed E-state index contributed by atoms with van der Waals surface area (Å²) >= 11 is 1.57. The van der Waals surface area contributed by atoms with E-state index in [0.29, 0.717) is 0 Å². The Kier molecular flexibility index (Phi) is 2.59. The van der Waals surface area contributed by atoms with Crippen LogP contribution in [0.3, 0.4) is 0 Å². The van der Waals surface area contributed by atoms with E-state index in [0.717, 1.165) is 30.8 Å². The summed E-state index contributed by atoms with van der Waals surface area (Å²) in [5.74, 6) is 0.148. The minimum absolute atomic E-state index is 0.00231. The first kappa shape index (κ1) is 8.69. The zero-order valence-electron chi connectivity index (χ0n) is 7.32. The molecule has 1 atom stereocenters. The van der Waals surface area contributed by atoms with Crippen molar-refractivity contribution < 1.29 is 4.79 Å². The average molecular weight is 196 g/mol. The molecule has 1 unspecified atom stereocenters. The van der Waals surface area contributed by atoms with Crippen molar-refractivity contribution in [2.24, 2.45) is 0 Å². The minimum Gasteiger partial charge on any atom is -0.355 e. The Labute approximate surface area is 81.2 Å². The van der Waals surface area contributed by atoms with E-state index in [1.165, 1.54) is 0 Å². The highest BCUT2D eigenvalue weighted by Gasteiger charge is 2.23. The fourth-order valence-corrected chi connectivity index (χ4v) is 2.35.